The van der Waals surface area contributed by atoms with Crippen LogP contribution in [0.2, 0.25) is 0 Å². The maximum Gasteiger partial charge on any atom is 0.158 e. The molecule has 0 aromatic rings. The number of hydrogen-bond donors (Lipinski definition) is 3. The molecule has 0 fully saturated rings. The molecule has 0 aromatic carbocycles. The quantitative estimate of drug-likeness (QED) is 0.432. The Morgan fingerprint density at radius 3 is 3.45 bits per heavy atom. The van der Waals surface area contributed by atoms with Crippen LogP contribution in [0.4, 0.5) is 0 Å². The van der Waals surface area contributed by atoms with Crippen molar-refractivity contribution < 1.29 is 5.11 Å². The Balaban J connectivity index is 2.32. The molecule has 2 heterocycles. The van der Waals surface area contributed by atoms with Crippen LogP contribution in [-0.2, 0) is 0 Å². The van der Waals surface area contributed by atoms with Gasteiger partial charge in [0.25, 0.3) is 0 Å². The second kappa shape index (κ2) is 2.35. The highest BCUT2D eigenvalue weighted by atomic mass is 16.3. The highest BCUT2D eigenvalue weighted by Crippen LogP contribution is 2.04. The molecule has 11 heavy (non-hydrogen) atoms. The van der Waals surface area contributed by atoms with Crippen LogP contribution in [0.15, 0.2) is 21.9 Å². The first-order valence-electron chi connectivity index (χ1n) is 3.33. The van der Waals surface area contributed by atoms with Crippen LogP contribution in [0.3, 0.4) is 0 Å². The van der Waals surface area contributed by atoms with Crippen LogP contribution in [-0.4, -0.2) is 30.0 Å². The fraction of sp³-hybridized carbons (Fsp3) is 0.333. The molecule has 0 amide bonds. The number of rotatable bonds is 0. The average Bonchev–Trinajstić information content (AvgIpc) is 2.40. The zero-order valence-electron chi connectivity index (χ0n) is 5.78. The van der Waals surface area contributed by atoms with Crippen LogP contribution in [0.5, 0.6) is 0 Å². The predicted molar refractivity (Wildman–Crippen MR) is 41.6 cm³/mol. The average molecular weight is 152 g/mol. The van der Waals surface area contributed by atoms with E-state index in [4.69, 9.17) is 0 Å². The summed E-state index contributed by atoms with van der Waals surface area (Å²) in [5, 5.41) is 15.2. The first-order valence-corrected chi connectivity index (χ1v) is 3.33. The Bertz CT molecular complexity index is 255. The van der Waals surface area contributed by atoms with Crippen molar-refractivity contribution in [2.24, 2.45) is 9.98 Å². The summed E-state index contributed by atoms with van der Waals surface area (Å²) in [5.74, 6) is 0.126. The van der Waals surface area contributed by atoms with E-state index < -0.39 is 0 Å². The molecule has 0 aromatic heterocycles. The van der Waals surface area contributed by atoms with Gasteiger partial charge in [0.1, 0.15) is 11.9 Å². The minimum Gasteiger partial charge on any atom is -0.504 e. The predicted octanol–water partition coefficient (Wildman–Crippen LogP) is -0.655. The molecule has 58 valence electrons. The number of hydrogen-bond acceptors (Lipinski definition) is 5. The lowest BCUT2D eigenvalue weighted by Gasteiger charge is -2.09. The molecule has 2 aliphatic rings. The van der Waals surface area contributed by atoms with E-state index in [1.165, 1.54) is 12.5 Å². The SMILES string of the molecule is OC1=CN=CNC2NCN=C12. The highest BCUT2D eigenvalue weighted by molar-refractivity contribution is 6.04. The molecular formula is C6H8N4O. The van der Waals surface area contributed by atoms with Gasteiger partial charge in [-0.15, -0.1) is 0 Å². The number of nitrogens with zero attached hydrogens (tertiary/aromatic N) is 2. The van der Waals surface area contributed by atoms with Crippen LogP contribution in [0.1, 0.15) is 0 Å². The summed E-state index contributed by atoms with van der Waals surface area (Å²) in [6.45, 7) is 0.540. The lowest BCUT2D eigenvalue weighted by Crippen LogP contribution is -2.43. The van der Waals surface area contributed by atoms with E-state index in [-0.39, 0.29) is 11.9 Å². The summed E-state index contributed by atoms with van der Waals surface area (Å²) in [7, 11) is 0. The number of aliphatic hydroxyl groups is 1. The minimum absolute atomic E-state index is 0.0856. The second-order valence-corrected chi connectivity index (χ2v) is 2.30. The number of aliphatic imine (C=N–C) groups is 2. The van der Waals surface area contributed by atoms with Gasteiger partial charge in [0.15, 0.2) is 5.76 Å². The van der Waals surface area contributed by atoms with Gasteiger partial charge in [-0.05, 0) is 0 Å². The molecule has 0 saturated carbocycles. The molecular weight excluding hydrogens is 144 g/mol. The van der Waals surface area contributed by atoms with Gasteiger partial charge in [-0.1, -0.05) is 0 Å². The van der Waals surface area contributed by atoms with Crippen molar-refractivity contribution in [3.8, 4) is 0 Å². The Morgan fingerprint density at radius 1 is 1.64 bits per heavy atom. The molecule has 5 heteroatoms. The minimum atomic E-state index is -0.0856. The van der Waals surface area contributed by atoms with Crippen molar-refractivity contribution in [2.75, 3.05) is 6.67 Å². The molecule has 3 N–H and O–H groups in total. The van der Waals surface area contributed by atoms with Gasteiger partial charge in [-0.25, -0.2) is 4.99 Å². The molecule has 5 nitrogen and oxygen atoms in total. The van der Waals surface area contributed by atoms with Gasteiger partial charge in [-0.3, -0.25) is 10.3 Å². The van der Waals surface area contributed by atoms with Crippen LogP contribution in [0.25, 0.3) is 0 Å². The smallest absolute Gasteiger partial charge is 0.158 e. The van der Waals surface area contributed by atoms with Crippen molar-refractivity contribution in [3.05, 3.63) is 12.0 Å². The van der Waals surface area contributed by atoms with E-state index in [0.29, 0.717) is 12.4 Å². The van der Waals surface area contributed by atoms with E-state index >= 15 is 0 Å². The van der Waals surface area contributed by atoms with Gasteiger partial charge < -0.3 is 10.4 Å². The maximum absolute atomic E-state index is 9.30. The zero-order valence-corrected chi connectivity index (χ0v) is 5.78. The third-order valence-electron chi connectivity index (χ3n) is 1.59. The van der Waals surface area contributed by atoms with Gasteiger partial charge in [0, 0.05) is 0 Å². The summed E-state index contributed by atoms with van der Waals surface area (Å²) < 4.78 is 0. The van der Waals surface area contributed by atoms with E-state index in [2.05, 4.69) is 20.6 Å². The second-order valence-electron chi connectivity index (χ2n) is 2.30. The standard InChI is InChI=1S/C6H8N4O/c11-4-1-7-2-9-6-5(4)8-3-10-6/h1-2,6,10-11H,3H2,(H,7,9). The van der Waals surface area contributed by atoms with Crippen LogP contribution >= 0.6 is 0 Å². The molecule has 2 aliphatic heterocycles. The monoisotopic (exact) mass is 152 g/mol. The van der Waals surface area contributed by atoms with Crippen molar-refractivity contribution in [1.29, 1.82) is 0 Å². The molecule has 1 atom stereocenters. The first kappa shape index (κ1) is 6.36. The number of aliphatic hydroxyl groups excluding tert-OH is 1. The topological polar surface area (TPSA) is 69.0 Å². The largest absolute Gasteiger partial charge is 0.504 e. The third-order valence-corrected chi connectivity index (χ3v) is 1.59. The van der Waals surface area contributed by atoms with Crippen molar-refractivity contribution in [3.63, 3.8) is 0 Å². The fourth-order valence-electron chi connectivity index (χ4n) is 1.07. The third kappa shape index (κ3) is 0.988. The molecule has 0 spiro atoms. The van der Waals surface area contributed by atoms with Gasteiger partial charge in [-0.2, -0.15) is 0 Å². The molecule has 2 rings (SSSR count). The van der Waals surface area contributed by atoms with Crippen molar-refractivity contribution >= 4 is 12.1 Å². The van der Waals surface area contributed by atoms with Gasteiger partial charge >= 0.3 is 0 Å². The summed E-state index contributed by atoms with van der Waals surface area (Å²) in [6, 6.07) is 0. The van der Waals surface area contributed by atoms with Gasteiger partial charge in [0.2, 0.25) is 0 Å². The molecule has 0 radical (unpaired) electrons. The molecule has 1 unspecified atom stereocenters. The van der Waals surface area contributed by atoms with Crippen LogP contribution < -0.4 is 10.6 Å². The van der Waals surface area contributed by atoms with E-state index in [1.54, 1.807) is 0 Å². The summed E-state index contributed by atoms with van der Waals surface area (Å²) in [4.78, 5) is 7.81. The normalized spacial score (nSPS) is 28.2. The highest BCUT2D eigenvalue weighted by Gasteiger charge is 2.23. The molecule has 0 saturated heterocycles. The summed E-state index contributed by atoms with van der Waals surface area (Å²) in [6.07, 6.45) is 2.82. The summed E-state index contributed by atoms with van der Waals surface area (Å²) in [5.41, 5.74) is 0.627. The van der Waals surface area contributed by atoms with E-state index in [1.807, 2.05) is 0 Å². The van der Waals surface area contributed by atoms with Gasteiger partial charge in [0.05, 0.1) is 19.2 Å². The molecule has 0 bridgehead atoms. The van der Waals surface area contributed by atoms with Crippen molar-refractivity contribution in [1.82, 2.24) is 10.6 Å². The Labute approximate surface area is 63.5 Å². The first-order chi connectivity index (χ1) is 5.38. The lowest BCUT2D eigenvalue weighted by molar-refractivity contribution is 0.438. The Hall–Kier alpha value is -1.36. The number of nitrogens with one attached hydrogen (secondary N) is 2. The lowest BCUT2D eigenvalue weighted by atomic mass is 10.3. The zero-order chi connectivity index (χ0) is 7.68. The molecule has 0 aliphatic carbocycles. The Morgan fingerprint density at radius 2 is 2.55 bits per heavy atom. The van der Waals surface area contributed by atoms with Crippen molar-refractivity contribution in [2.45, 2.75) is 6.17 Å². The van der Waals surface area contributed by atoms with Crippen LogP contribution in [0, 0.1) is 0 Å². The Kier molecular flexibility index (Phi) is 1.36. The number of fused-ring (bicyclic) bond motifs is 1. The summed E-state index contributed by atoms with van der Waals surface area (Å²) >= 11 is 0. The van der Waals surface area contributed by atoms with E-state index in [0.717, 1.165) is 0 Å². The fourth-order valence-corrected chi connectivity index (χ4v) is 1.07. The maximum atomic E-state index is 9.30. The van der Waals surface area contributed by atoms with E-state index in [9.17, 15) is 5.11 Å².